The first-order valence-corrected chi connectivity index (χ1v) is 15.9. The van der Waals surface area contributed by atoms with Gasteiger partial charge in [0.15, 0.2) is 0 Å². The van der Waals surface area contributed by atoms with Crippen molar-refractivity contribution >= 4 is 43.6 Å². The number of fused-ring (bicyclic) bond motifs is 6. The Morgan fingerprint density at radius 1 is 0.417 bits per heavy atom. The largest absolute Gasteiger partial charge is 0.309 e. The maximum atomic E-state index is 10.8. The maximum Gasteiger partial charge on any atom is 0.101 e. The van der Waals surface area contributed by atoms with Crippen LogP contribution in [0.3, 0.4) is 0 Å². The summed E-state index contributed by atoms with van der Waals surface area (Å²) in [4.78, 5) is 0. The van der Waals surface area contributed by atoms with Crippen molar-refractivity contribution in [3.8, 4) is 45.8 Å². The van der Waals surface area contributed by atoms with Crippen LogP contribution in [0.1, 0.15) is 11.1 Å². The standard InChI is InChI=1S/C44H26N4/c45-27-30-13-10-21-38-37-18-4-8-25-43(37)48(44(30)38)42-24-7-1-15-34(42)33-20-11-19-32(39(33)28-46)29-12-9-14-31(26-29)47-40-22-5-2-16-35(40)36-17-3-6-23-41(36)47/h1-26H. The lowest BCUT2D eigenvalue weighted by Crippen LogP contribution is -2.00. The van der Waals surface area contributed by atoms with Gasteiger partial charge in [0.2, 0.25) is 0 Å². The third-order valence-electron chi connectivity index (χ3n) is 9.42. The SMILES string of the molecule is N#Cc1c(-c2cccc(-n3c4ccccc4c4ccccc43)c2)cccc1-c1ccccc1-n1c2ccccc2c2cccc(C#N)c21. The van der Waals surface area contributed by atoms with E-state index in [2.05, 4.69) is 124 Å². The predicted octanol–water partition coefficient (Wildman–Crippen LogP) is 11.0. The van der Waals surface area contributed by atoms with Crippen molar-refractivity contribution in [2.24, 2.45) is 0 Å². The van der Waals surface area contributed by atoms with Gasteiger partial charge in [-0.2, -0.15) is 10.5 Å². The smallest absolute Gasteiger partial charge is 0.101 e. The fourth-order valence-electron chi connectivity index (χ4n) is 7.41. The minimum Gasteiger partial charge on any atom is -0.309 e. The van der Waals surface area contributed by atoms with E-state index in [1.165, 1.54) is 10.8 Å². The monoisotopic (exact) mass is 610 g/mol. The number of aromatic nitrogens is 2. The van der Waals surface area contributed by atoms with Gasteiger partial charge in [-0.3, -0.25) is 0 Å². The summed E-state index contributed by atoms with van der Waals surface area (Å²) in [6.07, 6.45) is 0. The third-order valence-corrected chi connectivity index (χ3v) is 9.42. The molecule has 0 saturated heterocycles. The zero-order valence-electron chi connectivity index (χ0n) is 25.8. The van der Waals surface area contributed by atoms with Crippen LogP contribution in [0.2, 0.25) is 0 Å². The Kier molecular flexibility index (Phi) is 6.22. The Bertz CT molecular complexity index is 2760. The summed E-state index contributed by atoms with van der Waals surface area (Å²) in [5.74, 6) is 0. The van der Waals surface area contributed by atoms with Gasteiger partial charge >= 0.3 is 0 Å². The normalized spacial score (nSPS) is 11.3. The zero-order chi connectivity index (χ0) is 32.2. The molecule has 9 aromatic rings. The minimum atomic E-state index is 0.602. The molecule has 2 aromatic heterocycles. The van der Waals surface area contributed by atoms with E-state index in [9.17, 15) is 10.5 Å². The summed E-state index contributed by atoms with van der Waals surface area (Å²) in [6, 6.07) is 58.8. The van der Waals surface area contributed by atoms with E-state index in [0.29, 0.717) is 11.1 Å². The van der Waals surface area contributed by atoms with E-state index in [4.69, 9.17) is 0 Å². The van der Waals surface area contributed by atoms with Gasteiger partial charge < -0.3 is 9.13 Å². The van der Waals surface area contributed by atoms with Gasteiger partial charge in [-0.15, -0.1) is 0 Å². The average molecular weight is 611 g/mol. The lowest BCUT2D eigenvalue weighted by molar-refractivity contribution is 1.18. The van der Waals surface area contributed by atoms with Gasteiger partial charge in [-0.05, 0) is 48.0 Å². The number of nitrogens with zero attached hydrogens (tertiary/aromatic N) is 4. The van der Waals surface area contributed by atoms with Crippen LogP contribution in [0.4, 0.5) is 0 Å². The maximum absolute atomic E-state index is 10.8. The Morgan fingerprint density at radius 2 is 0.958 bits per heavy atom. The number of hydrogen-bond acceptors (Lipinski definition) is 2. The highest BCUT2D eigenvalue weighted by Crippen LogP contribution is 2.40. The van der Waals surface area contributed by atoms with Crippen molar-refractivity contribution in [1.29, 1.82) is 10.5 Å². The minimum absolute atomic E-state index is 0.602. The van der Waals surface area contributed by atoms with E-state index in [-0.39, 0.29) is 0 Å². The van der Waals surface area contributed by atoms with Gasteiger partial charge in [-0.25, -0.2) is 0 Å². The molecular formula is C44H26N4. The quantitative estimate of drug-likeness (QED) is 0.199. The van der Waals surface area contributed by atoms with Crippen molar-refractivity contribution in [3.63, 3.8) is 0 Å². The highest BCUT2D eigenvalue weighted by Gasteiger charge is 2.20. The summed E-state index contributed by atoms with van der Waals surface area (Å²) >= 11 is 0. The molecule has 2 heterocycles. The third kappa shape index (κ3) is 4.01. The molecule has 48 heavy (non-hydrogen) atoms. The lowest BCUT2D eigenvalue weighted by Gasteiger charge is -2.17. The van der Waals surface area contributed by atoms with Crippen molar-refractivity contribution in [2.45, 2.75) is 0 Å². The summed E-state index contributed by atoms with van der Waals surface area (Å²) in [7, 11) is 0. The number of nitriles is 2. The van der Waals surface area contributed by atoms with Crippen molar-refractivity contribution in [1.82, 2.24) is 9.13 Å². The molecule has 0 N–H and O–H groups in total. The Labute approximate surface area is 277 Å². The molecule has 0 fully saturated rings. The summed E-state index contributed by atoms with van der Waals surface area (Å²) in [5, 5.41) is 25.5. The van der Waals surface area contributed by atoms with Crippen molar-refractivity contribution in [2.75, 3.05) is 0 Å². The van der Waals surface area contributed by atoms with Gasteiger partial charge in [-0.1, -0.05) is 115 Å². The van der Waals surface area contributed by atoms with E-state index in [1.807, 2.05) is 54.6 Å². The first-order chi connectivity index (χ1) is 23.8. The molecule has 0 bridgehead atoms. The highest BCUT2D eigenvalue weighted by molar-refractivity contribution is 6.12. The van der Waals surface area contributed by atoms with Gasteiger partial charge in [0.1, 0.15) is 12.1 Å². The molecular weight excluding hydrogens is 585 g/mol. The molecule has 222 valence electrons. The molecule has 4 nitrogen and oxygen atoms in total. The lowest BCUT2D eigenvalue weighted by atomic mass is 9.91. The highest BCUT2D eigenvalue weighted by atomic mass is 15.0. The molecule has 0 aliphatic rings. The Morgan fingerprint density at radius 3 is 1.67 bits per heavy atom. The van der Waals surface area contributed by atoms with Crippen LogP contribution in [0.5, 0.6) is 0 Å². The average Bonchev–Trinajstić information content (AvgIpc) is 3.68. The predicted molar refractivity (Wildman–Crippen MR) is 195 cm³/mol. The number of para-hydroxylation sites is 5. The fourth-order valence-corrected chi connectivity index (χ4v) is 7.41. The molecule has 0 aliphatic heterocycles. The Balaban J connectivity index is 1.26. The van der Waals surface area contributed by atoms with Crippen LogP contribution in [0.15, 0.2) is 158 Å². The molecule has 0 atom stereocenters. The molecule has 9 rings (SSSR count). The summed E-state index contributed by atoms with van der Waals surface area (Å²) < 4.78 is 4.48. The van der Waals surface area contributed by atoms with E-state index in [1.54, 1.807) is 0 Å². The number of benzene rings is 7. The van der Waals surface area contributed by atoms with Gasteiger partial charge in [0.05, 0.1) is 38.9 Å². The molecule has 0 radical (unpaired) electrons. The fraction of sp³-hybridized carbons (Fsp3) is 0. The van der Waals surface area contributed by atoms with Crippen LogP contribution in [0.25, 0.3) is 77.2 Å². The number of hydrogen-bond donors (Lipinski definition) is 0. The van der Waals surface area contributed by atoms with Gasteiger partial charge in [0.25, 0.3) is 0 Å². The zero-order valence-corrected chi connectivity index (χ0v) is 25.8. The van der Waals surface area contributed by atoms with Crippen molar-refractivity contribution in [3.05, 3.63) is 169 Å². The second kappa shape index (κ2) is 10.9. The molecule has 0 aliphatic carbocycles. The first-order valence-electron chi connectivity index (χ1n) is 15.9. The molecule has 0 unspecified atom stereocenters. The van der Waals surface area contributed by atoms with Crippen LogP contribution < -0.4 is 0 Å². The molecule has 4 heteroatoms. The summed E-state index contributed by atoms with van der Waals surface area (Å²) in [5.41, 5.74) is 10.9. The van der Waals surface area contributed by atoms with E-state index in [0.717, 1.165) is 66.5 Å². The van der Waals surface area contributed by atoms with Crippen LogP contribution in [0, 0.1) is 22.7 Å². The van der Waals surface area contributed by atoms with Crippen molar-refractivity contribution < 1.29 is 0 Å². The van der Waals surface area contributed by atoms with E-state index < -0.39 is 0 Å². The second-order valence-corrected chi connectivity index (χ2v) is 11.9. The molecule has 0 spiro atoms. The van der Waals surface area contributed by atoms with Crippen LogP contribution >= 0.6 is 0 Å². The van der Waals surface area contributed by atoms with Crippen LogP contribution in [-0.4, -0.2) is 9.13 Å². The van der Waals surface area contributed by atoms with E-state index >= 15 is 0 Å². The Hall–Kier alpha value is -6.88. The van der Waals surface area contributed by atoms with Gasteiger partial charge in [0, 0.05) is 43.9 Å². The second-order valence-electron chi connectivity index (χ2n) is 11.9. The first kappa shape index (κ1) is 27.4. The molecule has 0 amide bonds. The van der Waals surface area contributed by atoms with Crippen LogP contribution in [-0.2, 0) is 0 Å². The number of rotatable bonds is 4. The molecule has 0 saturated carbocycles. The molecule has 7 aromatic carbocycles. The topological polar surface area (TPSA) is 57.4 Å². The summed E-state index contributed by atoms with van der Waals surface area (Å²) in [6.45, 7) is 0.